The smallest absolute Gasteiger partial charge is 0.128 e. The molecule has 3 rings (SSSR count). The highest BCUT2D eigenvalue weighted by molar-refractivity contribution is 5.78. The van der Waals surface area contributed by atoms with Crippen LogP contribution in [0.1, 0.15) is 11.3 Å². The number of aryl methyl sites for hydroxylation is 1. The second-order valence-electron chi connectivity index (χ2n) is 4.81. The van der Waals surface area contributed by atoms with Gasteiger partial charge in [-0.3, -0.25) is 4.98 Å². The summed E-state index contributed by atoms with van der Waals surface area (Å²) < 4.78 is 13.5. The molecule has 0 atom stereocenters. The first-order valence-electron chi connectivity index (χ1n) is 6.57. The molecule has 1 heterocycles. The van der Waals surface area contributed by atoms with Crippen molar-refractivity contribution in [2.24, 2.45) is 0 Å². The Hall–Kier alpha value is -2.42. The maximum atomic E-state index is 13.5. The summed E-state index contributed by atoms with van der Waals surface area (Å²) in [6.45, 7) is 2.33. The molecule has 1 aromatic heterocycles. The van der Waals surface area contributed by atoms with Crippen LogP contribution in [0, 0.1) is 12.7 Å². The van der Waals surface area contributed by atoms with Crippen molar-refractivity contribution in [2.75, 3.05) is 5.32 Å². The lowest BCUT2D eigenvalue weighted by Gasteiger charge is -2.08. The molecule has 2 nitrogen and oxygen atoms in total. The molecule has 2 aromatic carbocycles. The molecule has 0 bridgehead atoms. The lowest BCUT2D eigenvalue weighted by molar-refractivity contribution is 0.619. The second-order valence-corrected chi connectivity index (χ2v) is 4.81. The number of aromatic nitrogens is 1. The van der Waals surface area contributed by atoms with E-state index < -0.39 is 0 Å². The zero-order valence-corrected chi connectivity index (χ0v) is 11.2. The second kappa shape index (κ2) is 5.29. The SMILES string of the molecule is Cc1ccc(NCc2ccc3ccccc3n2)cc1F. The Labute approximate surface area is 117 Å². The molecule has 20 heavy (non-hydrogen) atoms. The van der Waals surface area contributed by atoms with E-state index in [-0.39, 0.29) is 5.82 Å². The molecule has 0 fully saturated rings. The summed E-state index contributed by atoms with van der Waals surface area (Å²) in [5.74, 6) is -0.193. The van der Waals surface area contributed by atoms with Crippen molar-refractivity contribution in [3.63, 3.8) is 0 Å². The third-order valence-corrected chi connectivity index (χ3v) is 3.30. The van der Waals surface area contributed by atoms with Crippen molar-refractivity contribution in [1.82, 2.24) is 4.98 Å². The van der Waals surface area contributed by atoms with Crippen molar-refractivity contribution in [3.8, 4) is 0 Å². The van der Waals surface area contributed by atoms with Crippen LogP contribution in [-0.2, 0) is 6.54 Å². The molecule has 0 aliphatic heterocycles. The van der Waals surface area contributed by atoms with Crippen LogP contribution < -0.4 is 5.32 Å². The summed E-state index contributed by atoms with van der Waals surface area (Å²) in [5.41, 5.74) is 3.33. The van der Waals surface area contributed by atoms with Gasteiger partial charge in [0.25, 0.3) is 0 Å². The summed E-state index contributed by atoms with van der Waals surface area (Å²) >= 11 is 0. The summed E-state index contributed by atoms with van der Waals surface area (Å²) in [5, 5.41) is 4.31. The Morgan fingerprint density at radius 3 is 2.75 bits per heavy atom. The monoisotopic (exact) mass is 266 g/mol. The van der Waals surface area contributed by atoms with Crippen molar-refractivity contribution in [3.05, 3.63) is 71.7 Å². The Bertz CT molecular complexity index is 753. The zero-order chi connectivity index (χ0) is 13.9. The molecule has 3 heteroatoms. The molecule has 1 N–H and O–H groups in total. The molecular weight excluding hydrogens is 251 g/mol. The fraction of sp³-hybridized carbons (Fsp3) is 0.118. The van der Waals surface area contributed by atoms with Gasteiger partial charge in [-0.2, -0.15) is 0 Å². The number of pyridine rings is 1. The van der Waals surface area contributed by atoms with E-state index >= 15 is 0 Å². The van der Waals surface area contributed by atoms with Crippen LogP contribution in [0.3, 0.4) is 0 Å². The average molecular weight is 266 g/mol. The van der Waals surface area contributed by atoms with Crippen LogP contribution >= 0.6 is 0 Å². The number of hydrogen-bond acceptors (Lipinski definition) is 2. The van der Waals surface area contributed by atoms with E-state index in [9.17, 15) is 4.39 Å². The highest BCUT2D eigenvalue weighted by Crippen LogP contribution is 2.16. The number of hydrogen-bond donors (Lipinski definition) is 1. The van der Waals surface area contributed by atoms with Gasteiger partial charge in [0.05, 0.1) is 17.8 Å². The Morgan fingerprint density at radius 1 is 1.05 bits per heavy atom. The van der Waals surface area contributed by atoms with Gasteiger partial charge in [0.1, 0.15) is 5.82 Å². The minimum atomic E-state index is -0.193. The molecule has 0 aliphatic carbocycles. The molecule has 0 amide bonds. The van der Waals surface area contributed by atoms with Gasteiger partial charge in [0.2, 0.25) is 0 Å². The van der Waals surface area contributed by atoms with E-state index in [1.165, 1.54) is 6.07 Å². The molecular formula is C17H15FN2. The fourth-order valence-electron chi connectivity index (χ4n) is 2.10. The number of anilines is 1. The Morgan fingerprint density at radius 2 is 1.90 bits per heavy atom. The van der Waals surface area contributed by atoms with Gasteiger partial charge in [-0.25, -0.2) is 4.39 Å². The number of nitrogens with zero attached hydrogens (tertiary/aromatic N) is 1. The van der Waals surface area contributed by atoms with Crippen LogP contribution in [0.5, 0.6) is 0 Å². The van der Waals surface area contributed by atoms with Crippen molar-refractivity contribution in [2.45, 2.75) is 13.5 Å². The average Bonchev–Trinajstić information content (AvgIpc) is 2.48. The normalized spacial score (nSPS) is 10.7. The molecule has 3 aromatic rings. The Kier molecular flexibility index (Phi) is 3.33. The summed E-state index contributed by atoms with van der Waals surface area (Å²) in [7, 11) is 0. The van der Waals surface area contributed by atoms with Crippen LogP contribution in [0.4, 0.5) is 10.1 Å². The molecule has 0 aliphatic rings. The number of para-hydroxylation sites is 1. The predicted molar refractivity (Wildman–Crippen MR) is 80.2 cm³/mol. The maximum absolute atomic E-state index is 13.5. The van der Waals surface area contributed by atoms with E-state index in [0.717, 1.165) is 22.3 Å². The topological polar surface area (TPSA) is 24.9 Å². The first kappa shape index (κ1) is 12.6. The van der Waals surface area contributed by atoms with Gasteiger partial charge in [-0.05, 0) is 36.8 Å². The highest BCUT2D eigenvalue weighted by atomic mass is 19.1. The Balaban J connectivity index is 1.77. The minimum Gasteiger partial charge on any atom is -0.379 e. The van der Waals surface area contributed by atoms with E-state index in [4.69, 9.17) is 0 Å². The lowest BCUT2D eigenvalue weighted by Crippen LogP contribution is -2.02. The summed E-state index contributed by atoms with van der Waals surface area (Å²) in [6, 6.07) is 17.2. The first-order chi connectivity index (χ1) is 9.72. The van der Waals surface area contributed by atoms with Crippen molar-refractivity contribution in [1.29, 1.82) is 0 Å². The zero-order valence-electron chi connectivity index (χ0n) is 11.2. The van der Waals surface area contributed by atoms with Gasteiger partial charge in [-0.15, -0.1) is 0 Å². The highest BCUT2D eigenvalue weighted by Gasteiger charge is 2.01. The van der Waals surface area contributed by atoms with E-state index in [0.29, 0.717) is 12.1 Å². The van der Waals surface area contributed by atoms with E-state index in [1.54, 1.807) is 13.0 Å². The van der Waals surface area contributed by atoms with Crippen molar-refractivity contribution < 1.29 is 4.39 Å². The van der Waals surface area contributed by atoms with Gasteiger partial charge in [-0.1, -0.05) is 30.3 Å². The number of rotatable bonds is 3. The molecule has 0 saturated carbocycles. The largest absolute Gasteiger partial charge is 0.379 e. The van der Waals surface area contributed by atoms with Gasteiger partial charge in [0.15, 0.2) is 0 Å². The lowest BCUT2D eigenvalue weighted by atomic mass is 10.2. The van der Waals surface area contributed by atoms with Crippen LogP contribution in [-0.4, -0.2) is 4.98 Å². The third-order valence-electron chi connectivity index (χ3n) is 3.30. The summed E-state index contributed by atoms with van der Waals surface area (Å²) in [6.07, 6.45) is 0. The fourth-order valence-corrected chi connectivity index (χ4v) is 2.10. The maximum Gasteiger partial charge on any atom is 0.128 e. The van der Waals surface area contributed by atoms with Crippen LogP contribution in [0.25, 0.3) is 10.9 Å². The molecule has 0 unspecified atom stereocenters. The summed E-state index contributed by atoms with van der Waals surface area (Å²) in [4.78, 5) is 4.57. The van der Waals surface area contributed by atoms with Gasteiger partial charge < -0.3 is 5.32 Å². The molecule has 100 valence electrons. The third kappa shape index (κ3) is 2.62. The van der Waals surface area contributed by atoms with Crippen molar-refractivity contribution >= 4 is 16.6 Å². The molecule has 0 radical (unpaired) electrons. The minimum absolute atomic E-state index is 0.193. The van der Waals surface area contributed by atoms with Gasteiger partial charge in [0, 0.05) is 11.1 Å². The number of benzene rings is 2. The number of fused-ring (bicyclic) bond motifs is 1. The number of nitrogens with one attached hydrogen (secondary N) is 1. The standard InChI is InChI=1S/C17H15FN2/c1-12-6-8-14(10-16(12)18)19-11-15-9-7-13-4-2-3-5-17(13)20-15/h2-10,19H,11H2,1H3. The van der Waals surface area contributed by atoms with E-state index in [1.807, 2.05) is 36.4 Å². The van der Waals surface area contributed by atoms with Gasteiger partial charge >= 0.3 is 0 Å². The first-order valence-corrected chi connectivity index (χ1v) is 6.57. The quantitative estimate of drug-likeness (QED) is 0.764. The van der Waals surface area contributed by atoms with Crippen LogP contribution in [0.15, 0.2) is 54.6 Å². The molecule has 0 saturated heterocycles. The van der Waals surface area contributed by atoms with E-state index in [2.05, 4.69) is 16.4 Å². The predicted octanol–water partition coefficient (Wildman–Crippen LogP) is 4.29. The number of halogens is 1. The molecule has 0 spiro atoms. The van der Waals surface area contributed by atoms with Crippen LogP contribution in [0.2, 0.25) is 0 Å².